The van der Waals surface area contributed by atoms with Gasteiger partial charge in [0, 0.05) is 45.8 Å². The highest BCUT2D eigenvalue weighted by Crippen LogP contribution is 2.04. The van der Waals surface area contributed by atoms with E-state index in [4.69, 9.17) is 0 Å². The van der Waals surface area contributed by atoms with Crippen LogP contribution in [0.1, 0.15) is 20.8 Å². The standard InChI is InChI=1S/C13H28N4O/c1-4-14-13(18)15-10-12(3)11-17-8-6-16(5-2)7-9-17/h12H,4-11H2,1-3H3,(H2,14,15,18). The predicted octanol–water partition coefficient (Wildman–Crippen LogP) is 0.579. The number of nitrogens with zero attached hydrogens (tertiary/aromatic N) is 2. The van der Waals surface area contributed by atoms with Crippen molar-refractivity contribution in [2.45, 2.75) is 20.8 Å². The van der Waals surface area contributed by atoms with E-state index in [2.05, 4.69) is 34.3 Å². The molecule has 1 aliphatic rings. The number of hydrogen-bond acceptors (Lipinski definition) is 3. The van der Waals surface area contributed by atoms with Gasteiger partial charge >= 0.3 is 6.03 Å². The van der Waals surface area contributed by atoms with Crippen LogP contribution in [-0.4, -0.2) is 68.2 Å². The number of carbonyl (C=O) groups excluding carboxylic acids is 1. The molecular formula is C13H28N4O. The summed E-state index contributed by atoms with van der Waals surface area (Å²) in [5, 5.41) is 5.65. The third kappa shape index (κ3) is 5.69. The lowest BCUT2D eigenvalue weighted by Gasteiger charge is -2.35. The Balaban J connectivity index is 2.13. The second-order valence-corrected chi connectivity index (χ2v) is 5.08. The second-order valence-electron chi connectivity index (χ2n) is 5.08. The lowest BCUT2D eigenvalue weighted by molar-refractivity contribution is 0.124. The number of hydrogen-bond donors (Lipinski definition) is 2. The van der Waals surface area contributed by atoms with Crippen molar-refractivity contribution < 1.29 is 4.79 Å². The zero-order valence-electron chi connectivity index (χ0n) is 12.0. The van der Waals surface area contributed by atoms with Crippen molar-refractivity contribution in [3.8, 4) is 0 Å². The Morgan fingerprint density at radius 1 is 1.11 bits per heavy atom. The van der Waals surface area contributed by atoms with E-state index in [9.17, 15) is 4.79 Å². The van der Waals surface area contributed by atoms with Crippen molar-refractivity contribution in [2.75, 3.05) is 52.4 Å². The number of amides is 2. The van der Waals surface area contributed by atoms with Gasteiger partial charge in [0.05, 0.1) is 0 Å². The zero-order chi connectivity index (χ0) is 13.4. The van der Waals surface area contributed by atoms with Gasteiger partial charge in [-0.05, 0) is 19.4 Å². The first kappa shape index (κ1) is 15.2. The van der Waals surface area contributed by atoms with Gasteiger partial charge in [-0.1, -0.05) is 13.8 Å². The SMILES string of the molecule is CCNC(=O)NCC(C)CN1CCN(CC)CC1. The van der Waals surface area contributed by atoms with Gasteiger partial charge in [0.25, 0.3) is 0 Å². The summed E-state index contributed by atoms with van der Waals surface area (Å²) in [6.45, 7) is 14.6. The van der Waals surface area contributed by atoms with Gasteiger partial charge in [-0.2, -0.15) is 0 Å². The van der Waals surface area contributed by atoms with E-state index in [0.29, 0.717) is 12.5 Å². The van der Waals surface area contributed by atoms with Crippen LogP contribution in [0.15, 0.2) is 0 Å². The molecule has 0 saturated carbocycles. The van der Waals surface area contributed by atoms with Crippen LogP contribution in [0.5, 0.6) is 0 Å². The summed E-state index contributed by atoms with van der Waals surface area (Å²) in [6.07, 6.45) is 0. The lowest BCUT2D eigenvalue weighted by Crippen LogP contribution is -2.48. The summed E-state index contributed by atoms with van der Waals surface area (Å²) >= 11 is 0. The fourth-order valence-corrected chi connectivity index (χ4v) is 2.28. The zero-order valence-corrected chi connectivity index (χ0v) is 12.0. The van der Waals surface area contributed by atoms with Crippen molar-refractivity contribution in [3.63, 3.8) is 0 Å². The van der Waals surface area contributed by atoms with Gasteiger partial charge < -0.3 is 20.4 Å². The van der Waals surface area contributed by atoms with Gasteiger partial charge in [0.2, 0.25) is 0 Å². The number of urea groups is 1. The lowest BCUT2D eigenvalue weighted by atomic mass is 10.1. The molecule has 0 aliphatic carbocycles. The maximum Gasteiger partial charge on any atom is 0.314 e. The fourth-order valence-electron chi connectivity index (χ4n) is 2.28. The van der Waals surface area contributed by atoms with Gasteiger partial charge in [-0.25, -0.2) is 4.79 Å². The molecule has 0 radical (unpaired) electrons. The van der Waals surface area contributed by atoms with E-state index in [1.165, 1.54) is 13.1 Å². The normalized spacial score (nSPS) is 19.5. The molecule has 0 aromatic carbocycles. The fraction of sp³-hybridized carbons (Fsp3) is 0.923. The summed E-state index contributed by atoms with van der Waals surface area (Å²) in [5.41, 5.74) is 0. The molecule has 5 nitrogen and oxygen atoms in total. The number of carbonyl (C=O) groups is 1. The maximum atomic E-state index is 11.3. The Morgan fingerprint density at radius 3 is 2.28 bits per heavy atom. The molecule has 2 N–H and O–H groups in total. The van der Waals surface area contributed by atoms with Crippen LogP contribution >= 0.6 is 0 Å². The smallest absolute Gasteiger partial charge is 0.314 e. The first-order valence-corrected chi connectivity index (χ1v) is 7.12. The van der Waals surface area contributed by atoms with Gasteiger partial charge in [0.1, 0.15) is 0 Å². The topological polar surface area (TPSA) is 47.6 Å². The van der Waals surface area contributed by atoms with Gasteiger partial charge in [-0.3, -0.25) is 0 Å². The Morgan fingerprint density at radius 2 is 1.72 bits per heavy atom. The number of rotatable bonds is 6. The number of piperazine rings is 1. The van der Waals surface area contributed by atoms with Crippen LogP contribution in [0.2, 0.25) is 0 Å². The van der Waals surface area contributed by atoms with E-state index in [-0.39, 0.29) is 6.03 Å². The van der Waals surface area contributed by atoms with Gasteiger partial charge in [-0.15, -0.1) is 0 Å². The minimum atomic E-state index is -0.0554. The molecule has 106 valence electrons. The molecule has 18 heavy (non-hydrogen) atoms. The highest BCUT2D eigenvalue weighted by atomic mass is 16.2. The van der Waals surface area contributed by atoms with Crippen LogP contribution in [0.3, 0.4) is 0 Å². The minimum absolute atomic E-state index is 0.0554. The molecule has 1 rings (SSSR count). The van der Waals surface area contributed by atoms with Crippen LogP contribution in [0, 0.1) is 5.92 Å². The Hall–Kier alpha value is -0.810. The summed E-state index contributed by atoms with van der Waals surface area (Å²) < 4.78 is 0. The summed E-state index contributed by atoms with van der Waals surface area (Å²) in [7, 11) is 0. The first-order chi connectivity index (χ1) is 8.65. The molecule has 0 aromatic rings. The quantitative estimate of drug-likeness (QED) is 0.731. The minimum Gasteiger partial charge on any atom is -0.338 e. The first-order valence-electron chi connectivity index (χ1n) is 7.12. The Kier molecular flexibility index (Phi) is 7.05. The molecule has 2 amide bonds. The largest absolute Gasteiger partial charge is 0.338 e. The van der Waals surface area contributed by atoms with E-state index in [1.807, 2.05) is 6.92 Å². The second kappa shape index (κ2) is 8.32. The summed E-state index contributed by atoms with van der Waals surface area (Å²) in [6, 6.07) is -0.0554. The molecule has 0 bridgehead atoms. The van der Waals surface area contributed by atoms with E-state index in [0.717, 1.165) is 32.7 Å². The number of likely N-dealkylation sites (N-methyl/N-ethyl adjacent to an activating group) is 1. The van der Waals surface area contributed by atoms with Crippen molar-refractivity contribution >= 4 is 6.03 Å². The molecular weight excluding hydrogens is 228 g/mol. The van der Waals surface area contributed by atoms with Crippen LogP contribution in [-0.2, 0) is 0 Å². The number of nitrogens with one attached hydrogen (secondary N) is 2. The Bertz CT molecular complexity index is 239. The van der Waals surface area contributed by atoms with Crippen molar-refractivity contribution in [3.05, 3.63) is 0 Å². The van der Waals surface area contributed by atoms with Crippen molar-refractivity contribution in [1.29, 1.82) is 0 Å². The highest BCUT2D eigenvalue weighted by Gasteiger charge is 2.17. The molecule has 1 heterocycles. The average molecular weight is 256 g/mol. The highest BCUT2D eigenvalue weighted by molar-refractivity contribution is 5.73. The average Bonchev–Trinajstić information content (AvgIpc) is 2.38. The van der Waals surface area contributed by atoms with Crippen LogP contribution < -0.4 is 10.6 Å². The third-order valence-corrected chi connectivity index (χ3v) is 3.43. The van der Waals surface area contributed by atoms with E-state index >= 15 is 0 Å². The maximum absolute atomic E-state index is 11.3. The summed E-state index contributed by atoms with van der Waals surface area (Å²) in [5.74, 6) is 0.501. The molecule has 5 heteroatoms. The van der Waals surface area contributed by atoms with Gasteiger partial charge in [0.15, 0.2) is 0 Å². The Labute approximate surface area is 111 Å². The molecule has 1 atom stereocenters. The third-order valence-electron chi connectivity index (χ3n) is 3.43. The van der Waals surface area contributed by atoms with Crippen LogP contribution in [0.4, 0.5) is 4.79 Å². The molecule has 1 unspecified atom stereocenters. The molecule has 1 saturated heterocycles. The monoisotopic (exact) mass is 256 g/mol. The predicted molar refractivity (Wildman–Crippen MR) is 74.8 cm³/mol. The van der Waals surface area contributed by atoms with E-state index < -0.39 is 0 Å². The molecule has 0 spiro atoms. The summed E-state index contributed by atoms with van der Waals surface area (Å²) in [4.78, 5) is 16.3. The molecule has 1 fully saturated rings. The van der Waals surface area contributed by atoms with Crippen molar-refractivity contribution in [1.82, 2.24) is 20.4 Å². The molecule has 1 aliphatic heterocycles. The molecule has 0 aromatic heterocycles. The van der Waals surface area contributed by atoms with E-state index in [1.54, 1.807) is 0 Å². The van der Waals surface area contributed by atoms with Crippen molar-refractivity contribution in [2.24, 2.45) is 5.92 Å². The van der Waals surface area contributed by atoms with Crippen LogP contribution in [0.25, 0.3) is 0 Å².